The van der Waals surface area contributed by atoms with E-state index in [1.54, 1.807) is 6.07 Å². The SMILES string of the molecule is O=C(O)/C=C\C(=O)O.O=C(O)/C=C\C(=O)O.OCCN1CCN(CCCN2c3ccccc3Sc3ccc(C(F)(F)F)cc32)CC1. The molecule has 0 radical (unpaired) electrons. The number of hydrogen-bond acceptors (Lipinski definition) is 9. The second-order valence-electron chi connectivity index (χ2n) is 9.68. The minimum atomic E-state index is -4.35. The van der Waals surface area contributed by atoms with Gasteiger partial charge in [-0.3, -0.25) is 4.90 Å². The summed E-state index contributed by atoms with van der Waals surface area (Å²) in [5.74, 6) is -5.03. The van der Waals surface area contributed by atoms with Gasteiger partial charge in [-0.1, -0.05) is 23.9 Å². The van der Waals surface area contributed by atoms with E-state index in [4.69, 9.17) is 25.5 Å². The first-order chi connectivity index (χ1) is 21.7. The van der Waals surface area contributed by atoms with E-state index in [1.165, 1.54) is 23.9 Å². The van der Waals surface area contributed by atoms with Gasteiger partial charge in [0.05, 0.1) is 23.5 Å². The summed E-state index contributed by atoms with van der Waals surface area (Å²) in [7, 11) is 0. The number of piperazine rings is 1. The lowest BCUT2D eigenvalue weighted by molar-refractivity contribution is -0.137. The molecule has 0 bridgehead atoms. The molecule has 5 N–H and O–H groups in total. The van der Waals surface area contributed by atoms with Crippen LogP contribution in [-0.2, 0) is 25.4 Å². The molecule has 16 heteroatoms. The topological polar surface area (TPSA) is 179 Å². The third kappa shape index (κ3) is 13.3. The van der Waals surface area contributed by atoms with Crippen LogP contribution in [0.15, 0.2) is 76.6 Å². The molecule has 4 rings (SSSR count). The molecule has 0 aromatic heterocycles. The van der Waals surface area contributed by atoms with Gasteiger partial charge >= 0.3 is 30.1 Å². The van der Waals surface area contributed by atoms with Crippen molar-refractivity contribution in [1.29, 1.82) is 0 Å². The first kappa shape index (κ1) is 37.8. The molecule has 1 saturated heterocycles. The van der Waals surface area contributed by atoms with Gasteiger partial charge < -0.3 is 35.3 Å². The number of aliphatic carboxylic acids is 4. The van der Waals surface area contributed by atoms with Crippen LogP contribution in [0.2, 0.25) is 0 Å². The molecule has 1 fully saturated rings. The highest BCUT2D eigenvalue weighted by molar-refractivity contribution is 7.99. The van der Waals surface area contributed by atoms with Crippen molar-refractivity contribution >= 4 is 47.0 Å². The zero-order valence-electron chi connectivity index (χ0n) is 24.5. The van der Waals surface area contributed by atoms with Gasteiger partial charge in [0.1, 0.15) is 0 Å². The van der Waals surface area contributed by atoms with Gasteiger partial charge in [0.2, 0.25) is 0 Å². The van der Waals surface area contributed by atoms with Gasteiger partial charge in [-0.15, -0.1) is 0 Å². The van der Waals surface area contributed by atoms with Gasteiger partial charge in [-0.25, -0.2) is 19.2 Å². The quantitative estimate of drug-likeness (QED) is 0.231. The second-order valence-corrected chi connectivity index (χ2v) is 10.8. The monoisotopic (exact) mass is 669 g/mol. The first-order valence-corrected chi connectivity index (χ1v) is 14.6. The summed E-state index contributed by atoms with van der Waals surface area (Å²) < 4.78 is 39.9. The van der Waals surface area contributed by atoms with Crippen molar-refractivity contribution in [3.63, 3.8) is 0 Å². The Kier molecular flexibility index (Phi) is 15.3. The number of nitrogens with zero attached hydrogens (tertiary/aromatic N) is 3. The minimum absolute atomic E-state index is 0.186. The summed E-state index contributed by atoms with van der Waals surface area (Å²) in [5.41, 5.74) is 1.01. The standard InChI is InChI=1S/C22H26F3N3OS.2C4H4O4/c23-22(24,25)17-6-7-21-19(16-17)28(18-4-1-2-5-20(18)30-21)9-3-8-26-10-12-27(13-11-26)14-15-29;2*5-3(6)1-2-4(7)8/h1-2,4-7,16,29H,3,8-15H2;2*1-2H,(H,5,6)(H,7,8)/b;2*2-1-. The lowest BCUT2D eigenvalue weighted by atomic mass is 10.1. The zero-order chi connectivity index (χ0) is 34.3. The Bertz CT molecular complexity index is 1350. The molecule has 0 unspecified atom stereocenters. The van der Waals surface area contributed by atoms with Crippen LogP contribution in [0.1, 0.15) is 12.0 Å². The number of para-hydroxylation sites is 1. The molecule has 2 heterocycles. The Morgan fingerprint density at radius 3 is 1.65 bits per heavy atom. The highest BCUT2D eigenvalue weighted by Crippen LogP contribution is 2.49. The first-order valence-electron chi connectivity index (χ1n) is 13.8. The molecule has 0 saturated carbocycles. The highest BCUT2D eigenvalue weighted by atomic mass is 32.2. The molecule has 2 aliphatic rings. The fraction of sp³-hybridized carbons (Fsp3) is 0.333. The van der Waals surface area contributed by atoms with E-state index in [9.17, 15) is 32.3 Å². The smallest absolute Gasteiger partial charge is 0.416 e. The van der Waals surface area contributed by atoms with Gasteiger partial charge in [-0.2, -0.15) is 13.2 Å². The van der Waals surface area contributed by atoms with Crippen molar-refractivity contribution in [2.75, 3.05) is 57.3 Å². The summed E-state index contributed by atoms with van der Waals surface area (Å²) in [6, 6.07) is 11.9. The van der Waals surface area contributed by atoms with Crippen LogP contribution >= 0.6 is 11.8 Å². The summed E-state index contributed by atoms with van der Waals surface area (Å²) in [6.07, 6.45) is -1.25. The summed E-state index contributed by atoms with van der Waals surface area (Å²) in [6.45, 7) is 6.29. The van der Waals surface area contributed by atoms with Crippen molar-refractivity contribution in [1.82, 2.24) is 9.80 Å². The Morgan fingerprint density at radius 1 is 0.696 bits per heavy atom. The molecule has 2 aliphatic heterocycles. The fourth-order valence-corrected chi connectivity index (χ4v) is 5.44. The maximum Gasteiger partial charge on any atom is 0.416 e. The van der Waals surface area contributed by atoms with Gasteiger partial charge in [0, 0.05) is 73.4 Å². The van der Waals surface area contributed by atoms with E-state index in [0.717, 1.165) is 54.6 Å². The average molecular weight is 670 g/mol. The van der Waals surface area contributed by atoms with E-state index < -0.39 is 35.6 Å². The van der Waals surface area contributed by atoms with Crippen LogP contribution in [0.3, 0.4) is 0 Å². The number of halogens is 3. The van der Waals surface area contributed by atoms with E-state index in [0.29, 0.717) is 43.1 Å². The number of fused-ring (bicyclic) bond motifs is 2. The van der Waals surface area contributed by atoms with E-state index >= 15 is 0 Å². The number of rotatable bonds is 10. The van der Waals surface area contributed by atoms with Crippen molar-refractivity contribution in [2.45, 2.75) is 22.4 Å². The molecule has 250 valence electrons. The largest absolute Gasteiger partial charge is 0.478 e. The maximum absolute atomic E-state index is 13.3. The van der Waals surface area contributed by atoms with Gasteiger partial charge in [-0.05, 0) is 43.3 Å². The lowest BCUT2D eigenvalue weighted by Crippen LogP contribution is -2.47. The van der Waals surface area contributed by atoms with Gasteiger partial charge in [0.25, 0.3) is 0 Å². The number of carboxylic acid groups (broad SMARTS) is 4. The molecule has 0 atom stereocenters. The number of aliphatic hydroxyl groups is 1. The van der Waals surface area contributed by atoms with Crippen molar-refractivity contribution in [3.05, 3.63) is 72.3 Å². The molecule has 0 spiro atoms. The van der Waals surface area contributed by atoms with Crippen LogP contribution in [0, 0.1) is 0 Å². The van der Waals surface area contributed by atoms with Crippen molar-refractivity contribution in [2.24, 2.45) is 0 Å². The predicted octanol–water partition coefficient (Wildman–Crippen LogP) is 3.73. The highest BCUT2D eigenvalue weighted by Gasteiger charge is 2.33. The molecular weight excluding hydrogens is 635 g/mol. The van der Waals surface area contributed by atoms with E-state index in [-0.39, 0.29) is 6.61 Å². The Hall–Kier alpha value is -4.38. The third-order valence-electron chi connectivity index (χ3n) is 6.43. The average Bonchev–Trinajstić information content (AvgIpc) is 2.99. The zero-order valence-corrected chi connectivity index (χ0v) is 25.3. The number of alkyl halides is 3. The molecule has 0 aliphatic carbocycles. The molecule has 2 aromatic carbocycles. The van der Waals surface area contributed by atoms with Crippen LogP contribution < -0.4 is 4.90 Å². The van der Waals surface area contributed by atoms with Crippen LogP contribution in [0.4, 0.5) is 24.5 Å². The second kappa shape index (κ2) is 18.6. The van der Waals surface area contributed by atoms with E-state index in [2.05, 4.69) is 9.80 Å². The predicted molar refractivity (Wildman–Crippen MR) is 162 cm³/mol. The number of carboxylic acids is 4. The molecule has 0 amide bonds. The molecule has 46 heavy (non-hydrogen) atoms. The van der Waals surface area contributed by atoms with Crippen LogP contribution in [0.25, 0.3) is 0 Å². The van der Waals surface area contributed by atoms with E-state index in [1.807, 2.05) is 29.2 Å². The number of aliphatic hydroxyl groups excluding tert-OH is 1. The van der Waals surface area contributed by atoms with Crippen LogP contribution in [-0.4, -0.2) is 112 Å². The number of carbonyl (C=O) groups is 4. The summed E-state index contributed by atoms with van der Waals surface area (Å²) >= 11 is 1.53. The number of β-amino-alcohol motifs (C(OH)–C–C–N with tert-alkyl or cyclic N) is 1. The molecular formula is C30H34F3N3O9S. The summed E-state index contributed by atoms with van der Waals surface area (Å²) in [5, 5.41) is 40.3. The third-order valence-corrected chi connectivity index (χ3v) is 7.56. The van der Waals surface area contributed by atoms with Gasteiger partial charge in [0.15, 0.2) is 0 Å². The maximum atomic E-state index is 13.3. The Balaban J connectivity index is 0.000000381. The van der Waals surface area contributed by atoms with Crippen molar-refractivity contribution < 1.29 is 57.9 Å². The molecule has 12 nitrogen and oxygen atoms in total. The number of anilines is 2. The number of benzene rings is 2. The molecule has 2 aromatic rings. The summed E-state index contributed by atoms with van der Waals surface area (Å²) in [4.78, 5) is 46.8. The Morgan fingerprint density at radius 2 is 1.17 bits per heavy atom. The lowest BCUT2D eigenvalue weighted by Gasteiger charge is -2.36. The number of hydrogen-bond donors (Lipinski definition) is 5. The van der Waals surface area contributed by atoms with Crippen molar-refractivity contribution in [3.8, 4) is 0 Å². The fourth-order valence-electron chi connectivity index (χ4n) is 4.36. The van der Waals surface area contributed by atoms with Crippen LogP contribution in [0.5, 0.6) is 0 Å². The Labute approximate surface area is 266 Å². The normalized spacial score (nSPS) is 14.8. The minimum Gasteiger partial charge on any atom is -0.478 e.